The summed E-state index contributed by atoms with van der Waals surface area (Å²) in [5.41, 5.74) is 2.73. The van der Waals surface area contributed by atoms with E-state index in [1.807, 2.05) is 0 Å². The molecule has 17 heavy (non-hydrogen) atoms. The largest absolute Gasteiger partial charge is 1.00 e. The first kappa shape index (κ1) is 13.7. The molecule has 0 spiro atoms. The summed E-state index contributed by atoms with van der Waals surface area (Å²) in [6.45, 7) is 5.38. The van der Waals surface area contributed by atoms with Crippen molar-refractivity contribution in [3.63, 3.8) is 0 Å². The van der Waals surface area contributed by atoms with Crippen LogP contribution in [-0.4, -0.2) is 0 Å². The minimum absolute atomic E-state index is 0. The minimum Gasteiger partial charge on any atom is -1.00 e. The Morgan fingerprint density at radius 2 is 1.53 bits per heavy atom. The highest BCUT2D eigenvalue weighted by atomic mass is 35.5. The van der Waals surface area contributed by atoms with Crippen LogP contribution in [0, 0.1) is 0 Å². The van der Waals surface area contributed by atoms with Crippen molar-refractivity contribution in [1.29, 1.82) is 0 Å². The van der Waals surface area contributed by atoms with E-state index in [9.17, 15) is 0 Å². The number of benzene rings is 1. The molecule has 0 N–H and O–H groups in total. The molecule has 2 rings (SSSR count). The zero-order valence-corrected chi connectivity index (χ0v) is 11.1. The molecule has 0 saturated heterocycles. The molecule has 2 aromatic rings. The molecule has 1 aromatic heterocycles. The third kappa shape index (κ3) is 3.86. The Balaban J connectivity index is 0.00000144. The maximum Gasteiger partial charge on any atom is 0.173 e. The highest BCUT2D eigenvalue weighted by Crippen LogP contribution is 2.11. The van der Waals surface area contributed by atoms with Gasteiger partial charge in [0, 0.05) is 17.7 Å². The molecule has 0 aliphatic rings. The SMILES string of the molecule is CC(C)c1cc[n+](Cc2ccccc2)cc1.[Cl-]. The molecule has 0 amide bonds. The van der Waals surface area contributed by atoms with Gasteiger partial charge < -0.3 is 12.4 Å². The lowest BCUT2D eigenvalue weighted by Gasteiger charge is -2.03. The van der Waals surface area contributed by atoms with Crippen LogP contribution in [0.5, 0.6) is 0 Å². The Morgan fingerprint density at radius 1 is 0.941 bits per heavy atom. The number of nitrogens with zero attached hydrogens (tertiary/aromatic N) is 1. The third-order valence-corrected chi connectivity index (χ3v) is 2.79. The molecule has 0 unspecified atom stereocenters. The van der Waals surface area contributed by atoms with E-state index in [0.29, 0.717) is 5.92 Å². The number of hydrogen-bond donors (Lipinski definition) is 0. The molecule has 0 atom stereocenters. The molecule has 0 aliphatic heterocycles. The maximum absolute atomic E-state index is 2.22. The highest BCUT2D eigenvalue weighted by Gasteiger charge is 2.04. The third-order valence-electron chi connectivity index (χ3n) is 2.79. The van der Waals surface area contributed by atoms with Crippen LogP contribution in [-0.2, 0) is 6.54 Å². The van der Waals surface area contributed by atoms with Crippen molar-refractivity contribution in [3.8, 4) is 0 Å². The van der Waals surface area contributed by atoms with Crippen molar-refractivity contribution in [2.45, 2.75) is 26.3 Å². The maximum atomic E-state index is 2.22. The van der Waals surface area contributed by atoms with Gasteiger partial charge in [-0.15, -0.1) is 0 Å². The summed E-state index contributed by atoms with van der Waals surface area (Å²) in [5, 5.41) is 0. The number of halogens is 1. The van der Waals surface area contributed by atoms with Gasteiger partial charge >= 0.3 is 0 Å². The quantitative estimate of drug-likeness (QED) is 0.680. The van der Waals surface area contributed by atoms with Crippen molar-refractivity contribution in [2.24, 2.45) is 0 Å². The number of aromatic nitrogens is 1. The molecule has 1 heterocycles. The topological polar surface area (TPSA) is 3.88 Å². The van der Waals surface area contributed by atoms with Gasteiger partial charge in [0.25, 0.3) is 0 Å². The van der Waals surface area contributed by atoms with E-state index in [-0.39, 0.29) is 12.4 Å². The molecule has 2 heteroatoms. The first-order valence-electron chi connectivity index (χ1n) is 5.78. The van der Waals surface area contributed by atoms with Crippen molar-refractivity contribution in [2.75, 3.05) is 0 Å². The summed E-state index contributed by atoms with van der Waals surface area (Å²) in [4.78, 5) is 0. The summed E-state index contributed by atoms with van der Waals surface area (Å²) in [6, 6.07) is 14.9. The van der Waals surface area contributed by atoms with E-state index in [1.54, 1.807) is 0 Å². The zero-order valence-electron chi connectivity index (χ0n) is 10.3. The molecular weight excluding hydrogens is 230 g/mol. The summed E-state index contributed by atoms with van der Waals surface area (Å²) >= 11 is 0. The molecule has 0 aliphatic carbocycles. The molecule has 1 nitrogen and oxygen atoms in total. The van der Waals surface area contributed by atoms with Crippen LogP contribution < -0.4 is 17.0 Å². The van der Waals surface area contributed by atoms with Crippen LogP contribution >= 0.6 is 0 Å². The van der Waals surface area contributed by atoms with Gasteiger partial charge in [0.05, 0.1) is 0 Å². The summed E-state index contributed by atoms with van der Waals surface area (Å²) in [7, 11) is 0. The molecule has 0 saturated carbocycles. The second kappa shape index (κ2) is 6.41. The van der Waals surface area contributed by atoms with Crippen LogP contribution in [0.4, 0.5) is 0 Å². The van der Waals surface area contributed by atoms with Crippen molar-refractivity contribution in [3.05, 3.63) is 66.0 Å². The van der Waals surface area contributed by atoms with E-state index in [4.69, 9.17) is 0 Å². The first-order chi connectivity index (χ1) is 7.75. The lowest BCUT2D eigenvalue weighted by Crippen LogP contribution is -3.00. The molecule has 0 fully saturated rings. The van der Waals surface area contributed by atoms with E-state index in [2.05, 4.69) is 73.3 Å². The van der Waals surface area contributed by atoms with Gasteiger partial charge in [-0.05, 0) is 11.5 Å². The Morgan fingerprint density at radius 3 is 2.06 bits per heavy atom. The zero-order chi connectivity index (χ0) is 11.4. The van der Waals surface area contributed by atoms with Gasteiger partial charge in [-0.2, -0.15) is 0 Å². The van der Waals surface area contributed by atoms with E-state index >= 15 is 0 Å². The van der Waals surface area contributed by atoms with Gasteiger partial charge in [0.1, 0.15) is 0 Å². The fourth-order valence-electron chi connectivity index (χ4n) is 1.75. The number of pyridine rings is 1. The summed E-state index contributed by atoms with van der Waals surface area (Å²) < 4.78 is 2.21. The van der Waals surface area contributed by atoms with E-state index < -0.39 is 0 Å². The van der Waals surface area contributed by atoms with Gasteiger partial charge in [-0.1, -0.05) is 44.2 Å². The number of hydrogen-bond acceptors (Lipinski definition) is 0. The number of rotatable bonds is 3. The van der Waals surface area contributed by atoms with Crippen LogP contribution in [0.15, 0.2) is 54.9 Å². The lowest BCUT2D eigenvalue weighted by molar-refractivity contribution is -0.688. The van der Waals surface area contributed by atoms with Crippen LogP contribution in [0.25, 0.3) is 0 Å². The minimum atomic E-state index is 0. The predicted octanol–water partition coefficient (Wildman–Crippen LogP) is 0.150. The van der Waals surface area contributed by atoms with E-state index in [0.717, 1.165) is 6.54 Å². The Hall–Kier alpha value is -1.34. The Bertz CT molecular complexity index is 434. The van der Waals surface area contributed by atoms with Crippen molar-refractivity contribution in [1.82, 2.24) is 0 Å². The monoisotopic (exact) mass is 247 g/mol. The normalized spacial score (nSPS) is 10.1. The van der Waals surface area contributed by atoms with Crippen LogP contribution in [0.2, 0.25) is 0 Å². The van der Waals surface area contributed by atoms with Gasteiger partial charge in [0.2, 0.25) is 0 Å². The average molecular weight is 248 g/mol. The molecule has 1 aromatic carbocycles. The van der Waals surface area contributed by atoms with Gasteiger partial charge in [0.15, 0.2) is 18.9 Å². The van der Waals surface area contributed by atoms with Gasteiger partial charge in [-0.3, -0.25) is 0 Å². The van der Waals surface area contributed by atoms with E-state index in [1.165, 1.54) is 11.1 Å². The Labute approximate surface area is 110 Å². The van der Waals surface area contributed by atoms with Crippen molar-refractivity contribution >= 4 is 0 Å². The average Bonchev–Trinajstić information content (AvgIpc) is 2.31. The second-order valence-corrected chi connectivity index (χ2v) is 4.44. The highest BCUT2D eigenvalue weighted by molar-refractivity contribution is 5.14. The second-order valence-electron chi connectivity index (χ2n) is 4.44. The fourth-order valence-corrected chi connectivity index (χ4v) is 1.75. The fraction of sp³-hybridized carbons (Fsp3) is 0.267. The molecule has 0 bridgehead atoms. The standard InChI is InChI=1S/C15H18N.ClH/c1-13(2)15-8-10-16(11-9-15)12-14-6-4-3-5-7-14;/h3-11,13H,12H2,1-2H3;1H/q+1;/p-1. The molecule has 90 valence electrons. The summed E-state index contributed by atoms with van der Waals surface area (Å²) in [6.07, 6.45) is 4.31. The van der Waals surface area contributed by atoms with Crippen LogP contribution in [0.1, 0.15) is 30.9 Å². The van der Waals surface area contributed by atoms with Crippen molar-refractivity contribution < 1.29 is 17.0 Å². The lowest BCUT2D eigenvalue weighted by atomic mass is 10.1. The smallest absolute Gasteiger partial charge is 0.173 e. The molecular formula is C15H18ClN. The predicted molar refractivity (Wildman–Crippen MR) is 66.3 cm³/mol. The van der Waals surface area contributed by atoms with Crippen LogP contribution in [0.3, 0.4) is 0 Å². The Kier molecular flexibility index (Phi) is 5.17. The van der Waals surface area contributed by atoms with Gasteiger partial charge in [-0.25, -0.2) is 4.57 Å². The summed E-state index contributed by atoms with van der Waals surface area (Å²) in [5.74, 6) is 0.603. The molecule has 0 radical (unpaired) electrons. The first-order valence-corrected chi connectivity index (χ1v) is 5.78.